The summed E-state index contributed by atoms with van der Waals surface area (Å²) in [7, 11) is 0. The third-order valence-corrected chi connectivity index (χ3v) is 5.02. The Bertz CT molecular complexity index is 992. The van der Waals surface area contributed by atoms with Crippen LogP contribution in [0.1, 0.15) is 23.4 Å². The molecule has 0 N–H and O–H groups in total. The highest BCUT2D eigenvalue weighted by Gasteiger charge is 2.15. The molecule has 3 aromatic rings. The molecule has 0 fully saturated rings. The highest BCUT2D eigenvalue weighted by Crippen LogP contribution is 2.32. The normalized spacial score (nSPS) is 10.9. The Balaban J connectivity index is 2.25. The molecule has 0 bridgehead atoms. The Kier molecular flexibility index (Phi) is 4.01. The van der Waals surface area contributed by atoms with Crippen molar-refractivity contribution in [2.45, 2.75) is 33.7 Å². The number of rotatable bonds is 3. The molecule has 0 saturated heterocycles. The van der Waals surface area contributed by atoms with E-state index < -0.39 is 0 Å². The van der Waals surface area contributed by atoms with Crippen molar-refractivity contribution in [1.82, 2.24) is 9.55 Å². The van der Waals surface area contributed by atoms with Gasteiger partial charge in [-0.3, -0.25) is 9.36 Å². The second kappa shape index (κ2) is 5.98. The number of benzene rings is 1. The van der Waals surface area contributed by atoms with E-state index in [0.717, 1.165) is 16.0 Å². The van der Waals surface area contributed by atoms with Gasteiger partial charge in [0.2, 0.25) is 0 Å². The Hall–Kier alpha value is -2.45. The second-order valence-corrected chi connectivity index (χ2v) is 6.51. The van der Waals surface area contributed by atoms with Crippen LogP contribution in [0.3, 0.4) is 0 Å². The first-order chi connectivity index (χ1) is 11.0. The number of aryl methyl sites for hydroxylation is 3. The molecule has 23 heavy (non-hydrogen) atoms. The standard InChI is InChI=1S/C18H17N3OS/c1-11-5-6-14(9-12(11)2)15-10-23-17-16(15)18(22)21(8-4-7-19)13(3)20-17/h5-6,9-10H,4,8H2,1-3H3. The highest BCUT2D eigenvalue weighted by molar-refractivity contribution is 7.17. The Morgan fingerprint density at radius 1 is 1.26 bits per heavy atom. The van der Waals surface area contributed by atoms with Crippen LogP contribution in [0.15, 0.2) is 28.4 Å². The van der Waals surface area contributed by atoms with Crippen molar-refractivity contribution < 1.29 is 0 Å². The van der Waals surface area contributed by atoms with Crippen LogP contribution < -0.4 is 5.56 Å². The van der Waals surface area contributed by atoms with Crippen LogP contribution in [0.4, 0.5) is 0 Å². The van der Waals surface area contributed by atoms with E-state index in [4.69, 9.17) is 5.26 Å². The van der Waals surface area contributed by atoms with E-state index in [1.54, 1.807) is 4.57 Å². The Morgan fingerprint density at radius 3 is 2.74 bits per heavy atom. The van der Waals surface area contributed by atoms with Gasteiger partial charge in [0.1, 0.15) is 10.7 Å². The number of nitrogens with zero attached hydrogens (tertiary/aromatic N) is 3. The number of hydrogen-bond acceptors (Lipinski definition) is 4. The minimum Gasteiger partial charge on any atom is -0.295 e. The fraction of sp³-hybridized carbons (Fsp3) is 0.278. The maximum atomic E-state index is 12.9. The van der Waals surface area contributed by atoms with Crippen LogP contribution in [0.2, 0.25) is 0 Å². The van der Waals surface area contributed by atoms with Gasteiger partial charge in [-0.2, -0.15) is 5.26 Å². The summed E-state index contributed by atoms with van der Waals surface area (Å²) in [6.45, 7) is 6.34. The molecule has 0 saturated carbocycles. The molecule has 0 aliphatic carbocycles. The molecule has 4 nitrogen and oxygen atoms in total. The van der Waals surface area contributed by atoms with Gasteiger partial charge in [-0.15, -0.1) is 11.3 Å². The lowest BCUT2D eigenvalue weighted by Crippen LogP contribution is -2.23. The summed E-state index contributed by atoms with van der Waals surface area (Å²) >= 11 is 1.49. The quantitative estimate of drug-likeness (QED) is 0.733. The average molecular weight is 323 g/mol. The van der Waals surface area contributed by atoms with Crippen LogP contribution >= 0.6 is 11.3 Å². The van der Waals surface area contributed by atoms with Crippen molar-refractivity contribution in [1.29, 1.82) is 5.26 Å². The molecule has 1 aromatic carbocycles. The average Bonchev–Trinajstić information content (AvgIpc) is 2.93. The minimum atomic E-state index is -0.0581. The smallest absolute Gasteiger partial charge is 0.262 e. The van der Waals surface area contributed by atoms with Gasteiger partial charge in [0, 0.05) is 17.5 Å². The van der Waals surface area contributed by atoms with E-state index in [9.17, 15) is 4.79 Å². The van der Waals surface area contributed by atoms with Crippen LogP contribution in [0, 0.1) is 32.1 Å². The number of thiophene rings is 1. The van der Waals surface area contributed by atoms with Crippen LogP contribution in [-0.2, 0) is 6.54 Å². The summed E-state index contributed by atoms with van der Waals surface area (Å²) in [5.74, 6) is 0.659. The zero-order valence-electron chi connectivity index (χ0n) is 13.4. The summed E-state index contributed by atoms with van der Waals surface area (Å²) < 4.78 is 1.60. The topological polar surface area (TPSA) is 58.7 Å². The van der Waals surface area contributed by atoms with Gasteiger partial charge in [-0.05, 0) is 37.5 Å². The van der Waals surface area contributed by atoms with E-state index in [0.29, 0.717) is 24.2 Å². The predicted octanol–water partition coefficient (Wildman–Crippen LogP) is 3.96. The molecular weight excluding hydrogens is 306 g/mol. The molecular formula is C18H17N3OS. The van der Waals surface area contributed by atoms with Crippen molar-refractivity contribution >= 4 is 21.6 Å². The fourth-order valence-corrected chi connectivity index (χ4v) is 3.66. The summed E-state index contributed by atoms with van der Waals surface area (Å²) in [5.41, 5.74) is 4.34. The van der Waals surface area contributed by atoms with Crippen molar-refractivity contribution in [3.05, 3.63) is 50.9 Å². The molecule has 0 radical (unpaired) electrons. The van der Waals surface area contributed by atoms with Crippen LogP contribution in [0.25, 0.3) is 21.3 Å². The van der Waals surface area contributed by atoms with Crippen LogP contribution in [-0.4, -0.2) is 9.55 Å². The van der Waals surface area contributed by atoms with E-state index >= 15 is 0 Å². The lowest BCUT2D eigenvalue weighted by Gasteiger charge is -2.08. The molecule has 116 valence electrons. The third-order valence-electron chi connectivity index (χ3n) is 4.15. The number of nitriles is 1. The Labute approximate surface area is 138 Å². The van der Waals surface area contributed by atoms with E-state index in [-0.39, 0.29) is 5.56 Å². The molecule has 0 unspecified atom stereocenters. The summed E-state index contributed by atoms with van der Waals surface area (Å²) in [6, 6.07) is 8.31. The number of fused-ring (bicyclic) bond motifs is 1. The largest absolute Gasteiger partial charge is 0.295 e. The van der Waals surface area contributed by atoms with Gasteiger partial charge < -0.3 is 0 Å². The first-order valence-electron chi connectivity index (χ1n) is 7.46. The molecule has 0 amide bonds. The predicted molar refractivity (Wildman–Crippen MR) is 93.8 cm³/mol. The van der Waals surface area contributed by atoms with E-state index in [2.05, 4.69) is 37.0 Å². The maximum absolute atomic E-state index is 12.9. The van der Waals surface area contributed by atoms with Gasteiger partial charge in [0.05, 0.1) is 17.9 Å². The molecule has 2 aromatic heterocycles. The molecule has 0 aliphatic rings. The number of aromatic nitrogens is 2. The van der Waals surface area contributed by atoms with Crippen LogP contribution in [0.5, 0.6) is 0 Å². The van der Waals surface area contributed by atoms with Crippen molar-refractivity contribution in [3.63, 3.8) is 0 Å². The minimum absolute atomic E-state index is 0.0581. The maximum Gasteiger partial charge on any atom is 0.262 e. The van der Waals surface area contributed by atoms with Gasteiger partial charge in [-0.1, -0.05) is 18.2 Å². The van der Waals surface area contributed by atoms with Gasteiger partial charge in [-0.25, -0.2) is 4.98 Å². The zero-order valence-corrected chi connectivity index (χ0v) is 14.2. The van der Waals surface area contributed by atoms with Crippen molar-refractivity contribution in [3.8, 4) is 17.2 Å². The lowest BCUT2D eigenvalue weighted by atomic mass is 10.0. The van der Waals surface area contributed by atoms with Crippen molar-refractivity contribution in [2.24, 2.45) is 0 Å². The fourth-order valence-electron chi connectivity index (χ4n) is 2.67. The van der Waals surface area contributed by atoms with Gasteiger partial charge in [0.25, 0.3) is 5.56 Å². The molecule has 2 heterocycles. The Morgan fingerprint density at radius 2 is 2.04 bits per heavy atom. The molecule has 3 rings (SSSR count). The van der Waals surface area contributed by atoms with Crippen molar-refractivity contribution in [2.75, 3.05) is 0 Å². The molecule has 0 atom stereocenters. The zero-order chi connectivity index (χ0) is 16.6. The monoisotopic (exact) mass is 323 g/mol. The first kappa shape index (κ1) is 15.4. The SMILES string of the molecule is Cc1ccc(-c2csc3nc(C)n(CCC#N)c(=O)c23)cc1C. The van der Waals surface area contributed by atoms with E-state index in [1.807, 2.05) is 18.4 Å². The molecule has 0 spiro atoms. The third kappa shape index (κ3) is 2.66. The molecule has 0 aliphatic heterocycles. The number of hydrogen-bond donors (Lipinski definition) is 0. The van der Waals surface area contributed by atoms with Gasteiger partial charge >= 0.3 is 0 Å². The summed E-state index contributed by atoms with van der Waals surface area (Å²) in [5, 5.41) is 11.4. The summed E-state index contributed by atoms with van der Waals surface area (Å²) in [6.07, 6.45) is 0.303. The second-order valence-electron chi connectivity index (χ2n) is 5.65. The van der Waals surface area contributed by atoms with E-state index in [1.165, 1.54) is 22.5 Å². The summed E-state index contributed by atoms with van der Waals surface area (Å²) in [4.78, 5) is 18.2. The lowest BCUT2D eigenvalue weighted by molar-refractivity contribution is 0.653. The highest BCUT2D eigenvalue weighted by atomic mass is 32.1. The molecule has 5 heteroatoms. The van der Waals surface area contributed by atoms with Gasteiger partial charge in [0.15, 0.2) is 0 Å². The first-order valence-corrected chi connectivity index (χ1v) is 8.34.